The minimum atomic E-state index is -1.62. The Bertz CT molecular complexity index is 472. The second kappa shape index (κ2) is 5.38. The number of rotatable bonds is 3. The van der Waals surface area contributed by atoms with Crippen LogP contribution in [-0.2, 0) is 9.53 Å². The maximum absolute atomic E-state index is 13.2. The summed E-state index contributed by atoms with van der Waals surface area (Å²) in [6.07, 6.45) is 0.885. The number of carbonyl (C=O) groups is 1. The fraction of sp³-hybridized carbons (Fsp3) is 0.182. The van der Waals surface area contributed by atoms with Crippen molar-refractivity contribution in [2.24, 2.45) is 5.73 Å². The van der Waals surface area contributed by atoms with E-state index in [9.17, 15) is 18.0 Å². The van der Waals surface area contributed by atoms with Crippen LogP contribution in [0.1, 0.15) is 12.5 Å². The van der Waals surface area contributed by atoms with Crippen LogP contribution in [0.5, 0.6) is 0 Å². The lowest BCUT2D eigenvalue weighted by Gasteiger charge is -2.03. The Morgan fingerprint density at radius 2 is 2.00 bits per heavy atom. The van der Waals surface area contributed by atoms with Crippen molar-refractivity contribution in [2.45, 2.75) is 6.92 Å². The van der Waals surface area contributed by atoms with Crippen LogP contribution in [0.2, 0.25) is 0 Å². The monoisotopic (exact) mass is 245 g/mol. The van der Waals surface area contributed by atoms with Crippen LogP contribution in [-0.4, -0.2) is 12.6 Å². The number of esters is 1. The van der Waals surface area contributed by atoms with Gasteiger partial charge in [0.25, 0.3) is 0 Å². The van der Waals surface area contributed by atoms with Crippen molar-refractivity contribution in [3.63, 3.8) is 0 Å². The molecule has 0 amide bonds. The second-order valence-corrected chi connectivity index (χ2v) is 3.08. The van der Waals surface area contributed by atoms with Gasteiger partial charge in [-0.1, -0.05) is 0 Å². The lowest BCUT2D eigenvalue weighted by atomic mass is 10.1. The Labute approximate surface area is 95.7 Å². The average Bonchev–Trinajstić information content (AvgIpc) is 2.30. The third-order valence-corrected chi connectivity index (χ3v) is 1.89. The van der Waals surface area contributed by atoms with Crippen molar-refractivity contribution >= 4 is 12.0 Å². The normalized spacial score (nSPS) is 11.4. The summed E-state index contributed by atoms with van der Waals surface area (Å²) in [7, 11) is 0. The molecule has 0 saturated carbocycles. The Hall–Kier alpha value is -1.98. The fourth-order valence-corrected chi connectivity index (χ4v) is 1.09. The van der Waals surface area contributed by atoms with Crippen LogP contribution in [0, 0.1) is 17.5 Å². The number of hydrogen-bond acceptors (Lipinski definition) is 3. The van der Waals surface area contributed by atoms with E-state index in [1.165, 1.54) is 0 Å². The van der Waals surface area contributed by atoms with Gasteiger partial charge in [-0.25, -0.2) is 18.0 Å². The lowest BCUT2D eigenvalue weighted by Crippen LogP contribution is -2.14. The Kier molecular flexibility index (Phi) is 4.14. The van der Waals surface area contributed by atoms with Gasteiger partial charge in [-0.05, 0) is 25.1 Å². The van der Waals surface area contributed by atoms with Crippen molar-refractivity contribution < 1.29 is 22.7 Å². The molecule has 0 aliphatic rings. The van der Waals surface area contributed by atoms with Crippen molar-refractivity contribution in [1.82, 2.24) is 0 Å². The third-order valence-electron chi connectivity index (χ3n) is 1.89. The highest BCUT2D eigenvalue weighted by molar-refractivity contribution is 5.92. The minimum absolute atomic E-state index is 0.105. The van der Waals surface area contributed by atoms with E-state index in [1.807, 2.05) is 0 Å². The molecule has 17 heavy (non-hydrogen) atoms. The number of nitrogens with two attached hydrogens (primary N) is 1. The minimum Gasteiger partial charge on any atom is -0.461 e. The van der Waals surface area contributed by atoms with Crippen LogP contribution < -0.4 is 5.73 Å². The number of benzene rings is 1. The van der Waals surface area contributed by atoms with Gasteiger partial charge in [0.2, 0.25) is 0 Å². The largest absolute Gasteiger partial charge is 0.461 e. The summed E-state index contributed by atoms with van der Waals surface area (Å²) in [5.41, 5.74) is 4.58. The summed E-state index contributed by atoms with van der Waals surface area (Å²) in [4.78, 5) is 11.1. The molecule has 0 atom stereocenters. The first-order valence-corrected chi connectivity index (χ1v) is 4.75. The maximum atomic E-state index is 13.2. The predicted octanol–water partition coefficient (Wildman–Crippen LogP) is 1.97. The fourth-order valence-electron chi connectivity index (χ4n) is 1.09. The molecule has 0 spiro atoms. The average molecular weight is 245 g/mol. The van der Waals surface area contributed by atoms with Gasteiger partial charge in [0.15, 0.2) is 17.5 Å². The highest BCUT2D eigenvalue weighted by Gasteiger charge is 2.13. The van der Waals surface area contributed by atoms with Gasteiger partial charge in [0.1, 0.15) is 5.70 Å². The van der Waals surface area contributed by atoms with Crippen LogP contribution >= 0.6 is 0 Å². The second-order valence-electron chi connectivity index (χ2n) is 3.08. The first kappa shape index (κ1) is 13.1. The van der Waals surface area contributed by atoms with Gasteiger partial charge in [-0.3, -0.25) is 0 Å². The molecule has 0 aliphatic carbocycles. The topological polar surface area (TPSA) is 52.3 Å². The summed E-state index contributed by atoms with van der Waals surface area (Å²) in [5, 5.41) is 0. The zero-order chi connectivity index (χ0) is 13.0. The van der Waals surface area contributed by atoms with E-state index in [1.54, 1.807) is 6.92 Å². The van der Waals surface area contributed by atoms with E-state index < -0.39 is 29.1 Å². The van der Waals surface area contributed by atoms with E-state index in [2.05, 4.69) is 4.74 Å². The summed E-state index contributed by atoms with van der Waals surface area (Å²) in [6.45, 7) is 1.68. The lowest BCUT2D eigenvalue weighted by molar-refractivity contribution is -0.138. The van der Waals surface area contributed by atoms with Crippen molar-refractivity contribution in [1.29, 1.82) is 0 Å². The molecule has 6 heteroatoms. The molecule has 0 unspecified atom stereocenters. The number of carbonyl (C=O) groups excluding carboxylic acids is 1. The molecule has 92 valence electrons. The van der Waals surface area contributed by atoms with Gasteiger partial charge in [0, 0.05) is 5.56 Å². The quantitative estimate of drug-likeness (QED) is 0.503. The summed E-state index contributed by atoms with van der Waals surface area (Å²) >= 11 is 0. The smallest absolute Gasteiger partial charge is 0.354 e. The molecule has 0 aromatic heterocycles. The summed E-state index contributed by atoms with van der Waals surface area (Å²) in [6, 6.07) is 1.71. The van der Waals surface area contributed by atoms with E-state index in [0.29, 0.717) is 0 Å². The Morgan fingerprint density at radius 3 is 2.59 bits per heavy atom. The van der Waals surface area contributed by atoms with Gasteiger partial charge in [-0.2, -0.15) is 0 Å². The van der Waals surface area contributed by atoms with E-state index in [-0.39, 0.29) is 12.2 Å². The highest BCUT2D eigenvalue weighted by atomic mass is 19.2. The van der Waals surface area contributed by atoms with Crippen molar-refractivity contribution in [3.8, 4) is 0 Å². The molecule has 3 nitrogen and oxygen atoms in total. The van der Waals surface area contributed by atoms with Crippen molar-refractivity contribution in [3.05, 3.63) is 40.8 Å². The molecule has 0 aliphatic heterocycles. The molecule has 0 fully saturated rings. The van der Waals surface area contributed by atoms with Crippen molar-refractivity contribution in [2.75, 3.05) is 6.61 Å². The molecule has 0 bridgehead atoms. The number of halogens is 3. The maximum Gasteiger partial charge on any atom is 0.354 e. The first-order valence-electron chi connectivity index (χ1n) is 4.75. The van der Waals surface area contributed by atoms with E-state index >= 15 is 0 Å². The summed E-state index contributed by atoms with van der Waals surface area (Å²) < 4.78 is 43.2. The van der Waals surface area contributed by atoms with Crippen LogP contribution in [0.3, 0.4) is 0 Å². The molecule has 1 aromatic rings. The van der Waals surface area contributed by atoms with E-state index in [4.69, 9.17) is 5.73 Å². The SMILES string of the molecule is CCOC(=O)/C(N)=C/c1ccc(F)c(F)c1F. The molecular formula is C11H10F3NO2. The Balaban J connectivity index is 3.06. The summed E-state index contributed by atoms with van der Waals surface area (Å²) in [5.74, 6) is -5.18. The molecule has 1 rings (SSSR count). The molecule has 0 radical (unpaired) electrons. The first-order chi connectivity index (χ1) is 7.97. The van der Waals surface area contributed by atoms with E-state index in [0.717, 1.165) is 18.2 Å². The highest BCUT2D eigenvalue weighted by Crippen LogP contribution is 2.17. The van der Waals surface area contributed by atoms with Gasteiger partial charge >= 0.3 is 5.97 Å². The van der Waals surface area contributed by atoms with Crippen LogP contribution in [0.4, 0.5) is 13.2 Å². The molecule has 0 heterocycles. The molecule has 2 N–H and O–H groups in total. The molecule has 0 saturated heterocycles. The molecular weight excluding hydrogens is 235 g/mol. The molecule has 1 aromatic carbocycles. The van der Waals surface area contributed by atoms with Gasteiger partial charge in [0.05, 0.1) is 6.61 Å². The number of ether oxygens (including phenoxy) is 1. The zero-order valence-corrected chi connectivity index (χ0v) is 8.97. The van der Waals surface area contributed by atoms with Gasteiger partial charge < -0.3 is 10.5 Å². The number of hydrogen-bond donors (Lipinski definition) is 1. The van der Waals surface area contributed by atoms with Gasteiger partial charge in [-0.15, -0.1) is 0 Å². The third kappa shape index (κ3) is 2.99. The Morgan fingerprint density at radius 1 is 1.35 bits per heavy atom. The van der Waals surface area contributed by atoms with Crippen LogP contribution in [0.15, 0.2) is 17.8 Å². The zero-order valence-electron chi connectivity index (χ0n) is 8.97. The van der Waals surface area contributed by atoms with Crippen LogP contribution in [0.25, 0.3) is 6.08 Å². The predicted molar refractivity (Wildman–Crippen MR) is 55.1 cm³/mol. The standard InChI is InChI=1S/C11H10F3NO2/c1-2-17-11(16)8(15)5-6-3-4-7(12)10(14)9(6)13/h3-5H,2,15H2,1H3/b8-5-.